The first-order valence-electron chi connectivity index (χ1n) is 5.90. The number of rotatable bonds is 6. The van der Waals surface area contributed by atoms with E-state index in [4.69, 9.17) is 0 Å². The van der Waals surface area contributed by atoms with Crippen molar-refractivity contribution in [1.29, 1.82) is 0 Å². The van der Waals surface area contributed by atoms with Crippen molar-refractivity contribution in [2.45, 2.75) is 26.3 Å². The molecule has 0 spiro atoms. The number of ether oxygens (including phenoxy) is 1. The summed E-state index contributed by atoms with van der Waals surface area (Å²) in [7, 11) is 1.34. The molecule has 5 heteroatoms. The first-order valence-corrected chi connectivity index (χ1v) is 5.90. The summed E-state index contributed by atoms with van der Waals surface area (Å²) in [6.45, 7) is 2.64. The van der Waals surface area contributed by atoms with E-state index >= 15 is 0 Å². The molecule has 1 rings (SSSR count). The van der Waals surface area contributed by atoms with E-state index in [1.54, 1.807) is 24.2 Å². The zero-order valence-corrected chi connectivity index (χ0v) is 10.8. The summed E-state index contributed by atoms with van der Waals surface area (Å²) in [6.07, 6.45) is 4.03. The lowest BCUT2D eigenvalue weighted by Gasteiger charge is -2.21. The second-order valence-corrected chi connectivity index (χ2v) is 3.86. The fraction of sp³-hybridized carbons (Fsp3) is 0.462. The molecule has 0 atom stereocenters. The van der Waals surface area contributed by atoms with Gasteiger partial charge in [0.15, 0.2) is 0 Å². The highest BCUT2D eigenvalue weighted by Crippen LogP contribution is 2.06. The maximum absolute atomic E-state index is 11.8. The van der Waals surface area contributed by atoms with Crippen LogP contribution in [0.3, 0.4) is 0 Å². The highest BCUT2D eigenvalue weighted by molar-refractivity contribution is 5.77. The number of amides is 1. The Hall–Kier alpha value is -1.91. The van der Waals surface area contributed by atoms with E-state index in [0.717, 1.165) is 5.56 Å². The van der Waals surface area contributed by atoms with E-state index in [-0.39, 0.29) is 18.3 Å². The molecular weight excluding hydrogens is 232 g/mol. The van der Waals surface area contributed by atoms with E-state index in [9.17, 15) is 9.59 Å². The minimum atomic E-state index is -0.310. The largest absolute Gasteiger partial charge is 0.469 e. The molecule has 0 aliphatic carbocycles. The van der Waals surface area contributed by atoms with Gasteiger partial charge in [-0.15, -0.1) is 0 Å². The van der Waals surface area contributed by atoms with Crippen molar-refractivity contribution in [3.05, 3.63) is 30.1 Å². The Morgan fingerprint density at radius 1 is 1.44 bits per heavy atom. The molecule has 0 unspecified atom stereocenters. The third-order valence-corrected chi connectivity index (χ3v) is 2.56. The molecule has 0 saturated heterocycles. The highest BCUT2D eigenvalue weighted by atomic mass is 16.5. The van der Waals surface area contributed by atoms with Crippen LogP contribution in [0.1, 0.15) is 25.3 Å². The fourth-order valence-corrected chi connectivity index (χ4v) is 1.56. The molecule has 18 heavy (non-hydrogen) atoms. The van der Waals surface area contributed by atoms with Crippen LogP contribution in [-0.4, -0.2) is 35.4 Å². The third kappa shape index (κ3) is 4.53. The van der Waals surface area contributed by atoms with Crippen LogP contribution in [0.15, 0.2) is 24.5 Å². The van der Waals surface area contributed by atoms with E-state index < -0.39 is 0 Å². The standard InChI is InChI=1S/C13H18N2O3/c1-3-12(16)15(8-6-13(17)18-2)10-11-5-4-7-14-9-11/h4-5,7,9H,3,6,8,10H2,1-2H3. The predicted molar refractivity (Wildman–Crippen MR) is 66.6 cm³/mol. The van der Waals surface area contributed by atoms with E-state index in [1.807, 2.05) is 12.1 Å². The Morgan fingerprint density at radius 3 is 2.78 bits per heavy atom. The van der Waals surface area contributed by atoms with E-state index in [1.165, 1.54) is 7.11 Å². The summed E-state index contributed by atoms with van der Waals surface area (Å²) >= 11 is 0. The Morgan fingerprint density at radius 2 is 2.22 bits per heavy atom. The lowest BCUT2D eigenvalue weighted by molar-refractivity contribution is -0.141. The van der Waals surface area contributed by atoms with Gasteiger partial charge in [0.25, 0.3) is 0 Å². The van der Waals surface area contributed by atoms with E-state index in [0.29, 0.717) is 19.5 Å². The van der Waals surface area contributed by atoms with Gasteiger partial charge in [-0.1, -0.05) is 13.0 Å². The topological polar surface area (TPSA) is 59.5 Å². The lowest BCUT2D eigenvalue weighted by Crippen LogP contribution is -2.32. The van der Waals surface area contributed by atoms with Gasteiger partial charge in [0, 0.05) is 31.9 Å². The van der Waals surface area contributed by atoms with Crippen LogP contribution in [0.4, 0.5) is 0 Å². The number of pyridine rings is 1. The molecule has 0 fully saturated rings. The molecule has 0 aliphatic heterocycles. The van der Waals surface area contributed by atoms with Crippen LogP contribution in [0.25, 0.3) is 0 Å². The maximum atomic E-state index is 11.8. The smallest absolute Gasteiger partial charge is 0.307 e. The van der Waals surface area contributed by atoms with Crippen LogP contribution in [0.5, 0.6) is 0 Å². The van der Waals surface area contributed by atoms with Gasteiger partial charge < -0.3 is 9.64 Å². The summed E-state index contributed by atoms with van der Waals surface area (Å²) in [4.78, 5) is 28.5. The monoisotopic (exact) mass is 250 g/mol. The van der Waals surface area contributed by atoms with Crippen molar-refractivity contribution >= 4 is 11.9 Å². The number of hydrogen-bond acceptors (Lipinski definition) is 4. The zero-order chi connectivity index (χ0) is 13.4. The molecule has 1 heterocycles. The summed E-state index contributed by atoms with van der Waals surface area (Å²) in [5.41, 5.74) is 0.948. The van der Waals surface area contributed by atoms with Gasteiger partial charge in [0.2, 0.25) is 5.91 Å². The van der Waals surface area contributed by atoms with Crippen molar-refractivity contribution in [2.24, 2.45) is 0 Å². The van der Waals surface area contributed by atoms with Gasteiger partial charge in [-0.25, -0.2) is 0 Å². The van der Waals surface area contributed by atoms with E-state index in [2.05, 4.69) is 9.72 Å². The fourth-order valence-electron chi connectivity index (χ4n) is 1.56. The summed E-state index contributed by atoms with van der Waals surface area (Å²) in [6, 6.07) is 3.73. The minimum absolute atomic E-state index is 0.0164. The predicted octanol–water partition coefficient (Wildman–Crippen LogP) is 1.38. The molecule has 98 valence electrons. The van der Waals surface area contributed by atoms with Crippen molar-refractivity contribution in [1.82, 2.24) is 9.88 Å². The Kier molecular flexibility index (Phi) is 5.84. The highest BCUT2D eigenvalue weighted by Gasteiger charge is 2.14. The van der Waals surface area contributed by atoms with Gasteiger partial charge >= 0.3 is 5.97 Å². The molecule has 0 aliphatic rings. The molecule has 0 N–H and O–H groups in total. The van der Waals surface area contributed by atoms with Crippen LogP contribution in [-0.2, 0) is 20.9 Å². The van der Waals surface area contributed by atoms with Crippen LogP contribution in [0, 0.1) is 0 Å². The number of aromatic nitrogens is 1. The molecule has 0 bridgehead atoms. The molecule has 0 saturated carbocycles. The average Bonchev–Trinajstić information content (AvgIpc) is 2.43. The second kappa shape index (κ2) is 7.42. The third-order valence-electron chi connectivity index (χ3n) is 2.56. The van der Waals surface area contributed by atoms with Gasteiger partial charge in [-0.3, -0.25) is 14.6 Å². The maximum Gasteiger partial charge on any atom is 0.307 e. The summed E-state index contributed by atoms with van der Waals surface area (Å²) < 4.78 is 4.57. The molecule has 1 amide bonds. The zero-order valence-electron chi connectivity index (χ0n) is 10.8. The minimum Gasteiger partial charge on any atom is -0.469 e. The Labute approximate surface area is 107 Å². The Balaban J connectivity index is 2.61. The Bertz CT molecular complexity index is 392. The average molecular weight is 250 g/mol. The van der Waals surface area contributed by atoms with Crippen molar-refractivity contribution in [2.75, 3.05) is 13.7 Å². The number of hydrogen-bond donors (Lipinski definition) is 0. The van der Waals surface area contributed by atoms with Crippen LogP contribution in [0.2, 0.25) is 0 Å². The molecular formula is C13H18N2O3. The molecule has 0 aromatic carbocycles. The normalized spacial score (nSPS) is 9.89. The quantitative estimate of drug-likeness (QED) is 0.716. The lowest BCUT2D eigenvalue weighted by atomic mass is 10.2. The number of nitrogens with zero attached hydrogens (tertiary/aromatic N) is 2. The number of methoxy groups -OCH3 is 1. The number of esters is 1. The second-order valence-electron chi connectivity index (χ2n) is 3.86. The van der Waals surface area contributed by atoms with Gasteiger partial charge in [0.05, 0.1) is 13.5 Å². The van der Waals surface area contributed by atoms with Crippen molar-refractivity contribution in [3.63, 3.8) is 0 Å². The number of carbonyl (C=O) groups is 2. The summed E-state index contributed by atoms with van der Waals surface area (Å²) in [5, 5.41) is 0. The van der Waals surface area contributed by atoms with Gasteiger partial charge in [-0.2, -0.15) is 0 Å². The molecule has 1 aromatic heterocycles. The molecule has 5 nitrogen and oxygen atoms in total. The van der Waals surface area contributed by atoms with Crippen LogP contribution >= 0.6 is 0 Å². The molecule has 0 radical (unpaired) electrons. The van der Waals surface area contributed by atoms with Crippen molar-refractivity contribution < 1.29 is 14.3 Å². The first kappa shape index (κ1) is 14.2. The SMILES string of the molecule is CCC(=O)N(CCC(=O)OC)Cc1cccnc1. The van der Waals surface area contributed by atoms with Crippen LogP contribution < -0.4 is 0 Å². The number of carbonyl (C=O) groups excluding carboxylic acids is 2. The first-order chi connectivity index (χ1) is 8.67. The molecule has 1 aromatic rings. The van der Waals surface area contributed by atoms with Crippen molar-refractivity contribution in [3.8, 4) is 0 Å². The van der Waals surface area contributed by atoms with Gasteiger partial charge in [0.1, 0.15) is 0 Å². The van der Waals surface area contributed by atoms with Gasteiger partial charge in [-0.05, 0) is 11.6 Å². The summed E-state index contributed by atoms with van der Waals surface area (Å²) in [5.74, 6) is -0.294.